The third-order valence-corrected chi connectivity index (χ3v) is 7.42. The molecule has 0 aromatic rings. The molecule has 0 aromatic heterocycles. The third kappa shape index (κ3) is 7.33. The van der Waals surface area contributed by atoms with Gasteiger partial charge in [0, 0.05) is 29.7 Å². The van der Waals surface area contributed by atoms with Crippen molar-refractivity contribution in [1.82, 2.24) is 4.90 Å². The highest BCUT2D eigenvalue weighted by atomic mass is 16.7. The van der Waals surface area contributed by atoms with Gasteiger partial charge in [-0.05, 0) is 58.4 Å². The Balaban J connectivity index is 1.06. The highest BCUT2D eigenvalue weighted by molar-refractivity contribution is 5.75. The van der Waals surface area contributed by atoms with Crippen molar-refractivity contribution in [2.24, 2.45) is 11.3 Å². The van der Waals surface area contributed by atoms with Gasteiger partial charge in [-0.25, -0.2) is 0 Å². The van der Waals surface area contributed by atoms with E-state index in [0.717, 1.165) is 42.6 Å². The highest BCUT2D eigenvalue weighted by Gasteiger charge is 2.50. The number of esters is 1. The normalized spacial score (nSPS) is 27.3. The Labute approximate surface area is 225 Å². The molecule has 6 atom stereocenters. The topological polar surface area (TPSA) is 86.7 Å². The maximum absolute atomic E-state index is 12.6. The zero-order chi connectivity index (χ0) is 27.1. The van der Waals surface area contributed by atoms with E-state index in [-0.39, 0.29) is 11.4 Å². The maximum atomic E-state index is 12.6. The van der Waals surface area contributed by atoms with Crippen molar-refractivity contribution >= 4 is 5.97 Å². The average molecular weight is 528 g/mol. The van der Waals surface area contributed by atoms with Gasteiger partial charge in [-0.3, -0.25) is 9.69 Å². The number of unbranched alkanes of at least 4 members (excludes halogenated alkanes) is 1. The van der Waals surface area contributed by atoms with E-state index in [9.17, 15) is 9.90 Å². The number of nitrogens with zero attached hydrogens (tertiary/aromatic N) is 1. The van der Waals surface area contributed by atoms with Crippen LogP contribution >= 0.6 is 0 Å². The minimum Gasteiger partial charge on any atom is -0.478 e. The predicted octanol–water partition coefficient (Wildman–Crippen LogP) is 4.51. The maximum Gasteiger partial charge on any atom is 0.325 e. The van der Waals surface area contributed by atoms with Gasteiger partial charge in [-0.1, -0.05) is 42.5 Å². The molecule has 8 heteroatoms. The van der Waals surface area contributed by atoms with Gasteiger partial charge in [0.15, 0.2) is 18.9 Å². The van der Waals surface area contributed by atoms with Crippen LogP contribution in [0.3, 0.4) is 0 Å². The minimum atomic E-state index is -1.01. The Bertz CT molecular complexity index is 1010. The summed E-state index contributed by atoms with van der Waals surface area (Å²) < 4.78 is 28.3. The van der Waals surface area contributed by atoms with Crippen molar-refractivity contribution in [1.29, 1.82) is 0 Å². The van der Waals surface area contributed by atoms with Crippen molar-refractivity contribution in [3.63, 3.8) is 0 Å². The zero-order valence-corrected chi connectivity index (χ0v) is 22.7. The standard InChI is InChI=1S/C30H41NO7/c1-5-30-14-13-24(17-26(30)18-30)29(33)38-23(4)35-16-10-9-15-34-22(3)37-28(32)21(2)31-19-25-11-7-6-8-12-27(25)36-20-31/h5,7-8,11-14,17,21-23,26,29,33H,1,6,9-10,15-16,18-20H2,2-4H3. The van der Waals surface area contributed by atoms with E-state index >= 15 is 0 Å². The quantitative estimate of drug-likeness (QED) is 0.153. The summed E-state index contributed by atoms with van der Waals surface area (Å²) in [5, 5.41) is 10.4. The molecule has 1 saturated carbocycles. The molecular formula is C30H41NO7. The largest absolute Gasteiger partial charge is 0.478 e. The summed E-state index contributed by atoms with van der Waals surface area (Å²) in [5.41, 5.74) is 1.90. The summed E-state index contributed by atoms with van der Waals surface area (Å²) in [4.78, 5) is 14.6. The Hall–Kier alpha value is -2.49. The van der Waals surface area contributed by atoms with Crippen LogP contribution in [-0.4, -0.2) is 67.4 Å². The highest BCUT2D eigenvalue weighted by Crippen LogP contribution is 2.58. The number of hydrogen-bond acceptors (Lipinski definition) is 8. The minimum absolute atomic E-state index is 0.0796. The average Bonchev–Trinajstić information content (AvgIpc) is 3.68. The van der Waals surface area contributed by atoms with Crippen molar-refractivity contribution in [3.8, 4) is 0 Å². The third-order valence-electron chi connectivity index (χ3n) is 7.42. The first-order valence-corrected chi connectivity index (χ1v) is 13.6. The summed E-state index contributed by atoms with van der Waals surface area (Å²) in [6, 6.07) is -0.449. The van der Waals surface area contributed by atoms with Crippen molar-refractivity contribution < 1.29 is 33.6 Å². The molecule has 1 heterocycles. The summed E-state index contributed by atoms with van der Waals surface area (Å²) in [6.45, 7) is 11.1. The van der Waals surface area contributed by atoms with E-state index in [1.165, 1.54) is 0 Å². The van der Waals surface area contributed by atoms with Crippen LogP contribution < -0.4 is 0 Å². The lowest BCUT2D eigenvalue weighted by Crippen LogP contribution is -2.45. The predicted molar refractivity (Wildman–Crippen MR) is 143 cm³/mol. The lowest BCUT2D eigenvalue weighted by molar-refractivity contribution is -0.206. The molecule has 0 spiro atoms. The SMILES string of the molecule is C=CC12C=CC(C(O)OC(C)OCCCCOC(C)OC(=O)C(C)N3COC4=C(C=CCC=C4)C3)=CC1C2. The zero-order valence-electron chi connectivity index (χ0n) is 22.7. The molecule has 8 nitrogen and oxygen atoms in total. The van der Waals surface area contributed by atoms with Gasteiger partial charge in [-0.2, -0.15) is 0 Å². The van der Waals surface area contributed by atoms with Crippen LogP contribution in [0.1, 0.15) is 46.5 Å². The number of fused-ring (bicyclic) bond motifs is 1. The molecule has 4 rings (SSSR count). The summed E-state index contributed by atoms with van der Waals surface area (Å²) in [6.07, 6.45) is 17.4. The molecule has 38 heavy (non-hydrogen) atoms. The molecule has 4 aliphatic rings. The Morgan fingerprint density at radius 3 is 2.66 bits per heavy atom. The van der Waals surface area contributed by atoms with Crippen molar-refractivity contribution in [2.45, 2.75) is 71.4 Å². The summed E-state index contributed by atoms with van der Waals surface area (Å²) in [5.74, 6) is 0.927. The van der Waals surface area contributed by atoms with E-state index in [0.29, 0.717) is 32.4 Å². The van der Waals surface area contributed by atoms with E-state index in [2.05, 4.69) is 37.0 Å². The number of rotatable bonds is 14. The molecule has 6 unspecified atom stereocenters. The summed E-state index contributed by atoms with van der Waals surface area (Å²) >= 11 is 0. The molecular weight excluding hydrogens is 486 g/mol. The number of hydrogen-bond donors (Lipinski definition) is 1. The first kappa shape index (κ1) is 28.5. The number of allylic oxidation sites excluding steroid dienone is 6. The van der Waals surface area contributed by atoms with Crippen LogP contribution in [0.5, 0.6) is 0 Å². The van der Waals surface area contributed by atoms with Gasteiger partial charge in [-0.15, -0.1) is 6.58 Å². The van der Waals surface area contributed by atoms with Gasteiger partial charge in [0.2, 0.25) is 0 Å². The monoisotopic (exact) mass is 527 g/mol. The number of ether oxygens (including phenoxy) is 5. The molecule has 1 fully saturated rings. The fraction of sp³-hybridized carbons (Fsp3) is 0.567. The van der Waals surface area contributed by atoms with E-state index in [4.69, 9.17) is 23.7 Å². The van der Waals surface area contributed by atoms with Crippen LogP contribution in [0, 0.1) is 11.3 Å². The lowest BCUT2D eigenvalue weighted by Gasteiger charge is -2.32. The van der Waals surface area contributed by atoms with Crippen LogP contribution in [0.15, 0.2) is 72.1 Å². The first-order valence-electron chi connectivity index (χ1n) is 13.6. The number of carbonyl (C=O) groups is 1. The molecule has 0 amide bonds. The first-order chi connectivity index (χ1) is 18.3. The second-order valence-corrected chi connectivity index (χ2v) is 10.3. The molecule has 0 bridgehead atoms. The van der Waals surface area contributed by atoms with Gasteiger partial charge >= 0.3 is 5.97 Å². The second-order valence-electron chi connectivity index (χ2n) is 10.3. The molecule has 1 aliphatic heterocycles. The molecule has 208 valence electrons. The molecule has 0 radical (unpaired) electrons. The lowest BCUT2D eigenvalue weighted by atomic mass is 9.96. The molecule has 0 aromatic carbocycles. The fourth-order valence-corrected chi connectivity index (χ4v) is 4.77. The van der Waals surface area contributed by atoms with Crippen molar-refractivity contribution in [3.05, 3.63) is 72.1 Å². The number of aliphatic hydroxyl groups excluding tert-OH is 1. The van der Waals surface area contributed by atoms with Gasteiger partial charge in [0.05, 0.1) is 6.61 Å². The van der Waals surface area contributed by atoms with Crippen LogP contribution in [0.2, 0.25) is 0 Å². The van der Waals surface area contributed by atoms with E-state index in [1.54, 1.807) is 13.8 Å². The van der Waals surface area contributed by atoms with Gasteiger partial charge in [0.25, 0.3) is 0 Å². The second kappa shape index (κ2) is 13.0. The number of carbonyl (C=O) groups excluding carboxylic acids is 1. The van der Waals surface area contributed by atoms with Gasteiger partial charge < -0.3 is 28.8 Å². The van der Waals surface area contributed by atoms with Gasteiger partial charge in [0.1, 0.15) is 18.5 Å². The van der Waals surface area contributed by atoms with E-state index < -0.39 is 24.9 Å². The Morgan fingerprint density at radius 1 is 1.18 bits per heavy atom. The number of aliphatic hydroxyl groups is 1. The van der Waals surface area contributed by atoms with Crippen molar-refractivity contribution in [2.75, 3.05) is 26.5 Å². The molecule has 3 aliphatic carbocycles. The van der Waals surface area contributed by atoms with Crippen LogP contribution in [-0.2, 0) is 28.5 Å². The molecule has 1 N–H and O–H groups in total. The molecule has 0 saturated heterocycles. The van der Waals surface area contributed by atoms with Crippen LogP contribution in [0.4, 0.5) is 0 Å². The fourth-order valence-electron chi connectivity index (χ4n) is 4.77. The Morgan fingerprint density at radius 2 is 1.92 bits per heavy atom. The van der Waals surface area contributed by atoms with Crippen LogP contribution in [0.25, 0.3) is 0 Å². The van der Waals surface area contributed by atoms with E-state index in [1.807, 2.05) is 30.1 Å². The summed E-state index contributed by atoms with van der Waals surface area (Å²) in [7, 11) is 0. The Kier molecular flexibility index (Phi) is 9.79. The smallest absolute Gasteiger partial charge is 0.325 e.